The van der Waals surface area contributed by atoms with Gasteiger partial charge in [-0.1, -0.05) is 15.9 Å². The summed E-state index contributed by atoms with van der Waals surface area (Å²) in [5.74, 6) is 0.123. The molecule has 5 heteroatoms. The van der Waals surface area contributed by atoms with Crippen molar-refractivity contribution in [1.29, 1.82) is 0 Å². The maximum Gasteiger partial charge on any atom is 0.255 e. The zero-order valence-electron chi connectivity index (χ0n) is 11.2. The van der Waals surface area contributed by atoms with Crippen molar-refractivity contribution in [2.75, 3.05) is 27.2 Å². The predicted molar refractivity (Wildman–Crippen MR) is 84.5 cm³/mol. The van der Waals surface area contributed by atoms with Gasteiger partial charge in [0.25, 0.3) is 5.91 Å². The second-order valence-corrected chi connectivity index (χ2v) is 6.95. The van der Waals surface area contributed by atoms with Gasteiger partial charge in [-0.05, 0) is 61.1 Å². The summed E-state index contributed by atoms with van der Waals surface area (Å²) in [6.45, 7) is 1.79. The van der Waals surface area contributed by atoms with E-state index in [2.05, 4.69) is 50.9 Å². The number of hydrogen-bond donors (Lipinski definition) is 0. The van der Waals surface area contributed by atoms with Gasteiger partial charge in [-0.3, -0.25) is 4.79 Å². The molecule has 1 atom stereocenters. The molecule has 1 aliphatic rings. The molecule has 104 valence electrons. The molecule has 1 unspecified atom stereocenters. The van der Waals surface area contributed by atoms with Crippen LogP contribution in [0.25, 0.3) is 0 Å². The SMILES string of the molecule is CN(C)CC1CCCN1C(=O)c1cc(Br)ccc1Br. The van der Waals surface area contributed by atoms with Crippen LogP contribution in [0.2, 0.25) is 0 Å². The summed E-state index contributed by atoms with van der Waals surface area (Å²) in [5.41, 5.74) is 0.736. The first-order valence-corrected chi connectivity index (χ1v) is 7.98. The Bertz CT molecular complexity index is 477. The lowest BCUT2D eigenvalue weighted by Crippen LogP contribution is -2.41. The van der Waals surface area contributed by atoms with E-state index in [1.54, 1.807) is 0 Å². The van der Waals surface area contributed by atoms with Crippen molar-refractivity contribution < 1.29 is 4.79 Å². The summed E-state index contributed by atoms with van der Waals surface area (Å²) in [5, 5.41) is 0. The fourth-order valence-electron chi connectivity index (χ4n) is 2.53. The van der Waals surface area contributed by atoms with Crippen molar-refractivity contribution in [2.45, 2.75) is 18.9 Å². The molecule has 0 saturated carbocycles. The van der Waals surface area contributed by atoms with Crippen molar-refractivity contribution in [3.63, 3.8) is 0 Å². The molecule has 0 spiro atoms. The molecular weight excluding hydrogens is 372 g/mol. The molecule has 0 aromatic heterocycles. The van der Waals surface area contributed by atoms with Crippen LogP contribution >= 0.6 is 31.9 Å². The number of halogens is 2. The Balaban J connectivity index is 2.20. The van der Waals surface area contributed by atoms with Crippen molar-refractivity contribution in [1.82, 2.24) is 9.80 Å². The third-order valence-electron chi connectivity index (χ3n) is 3.37. The topological polar surface area (TPSA) is 23.6 Å². The molecular formula is C14H18Br2N2O. The highest BCUT2D eigenvalue weighted by Crippen LogP contribution is 2.26. The van der Waals surface area contributed by atoms with E-state index in [1.165, 1.54) is 0 Å². The van der Waals surface area contributed by atoms with Crippen LogP contribution in [0.1, 0.15) is 23.2 Å². The van der Waals surface area contributed by atoms with E-state index >= 15 is 0 Å². The van der Waals surface area contributed by atoms with Gasteiger partial charge >= 0.3 is 0 Å². The molecule has 1 aromatic rings. The minimum absolute atomic E-state index is 0.123. The maximum absolute atomic E-state index is 12.7. The number of carbonyl (C=O) groups is 1. The lowest BCUT2D eigenvalue weighted by Gasteiger charge is -2.27. The highest BCUT2D eigenvalue weighted by atomic mass is 79.9. The lowest BCUT2D eigenvalue weighted by molar-refractivity contribution is 0.0715. The Labute approximate surface area is 131 Å². The van der Waals surface area contributed by atoms with Gasteiger partial charge in [-0.2, -0.15) is 0 Å². The molecule has 1 heterocycles. The molecule has 19 heavy (non-hydrogen) atoms. The molecule has 0 bridgehead atoms. The Hall–Kier alpha value is -0.390. The molecule has 1 fully saturated rings. The van der Waals surface area contributed by atoms with Crippen molar-refractivity contribution >= 4 is 37.8 Å². The quantitative estimate of drug-likeness (QED) is 0.791. The monoisotopic (exact) mass is 388 g/mol. The van der Waals surface area contributed by atoms with Gasteiger partial charge in [0.1, 0.15) is 0 Å². The van der Waals surface area contributed by atoms with Crippen LogP contribution < -0.4 is 0 Å². The first-order valence-electron chi connectivity index (χ1n) is 6.40. The molecule has 0 radical (unpaired) electrons. The van der Waals surface area contributed by atoms with Crippen molar-refractivity contribution in [3.8, 4) is 0 Å². The highest BCUT2D eigenvalue weighted by molar-refractivity contribution is 9.11. The Morgan fingerprint density at radius 1 is 1.42 bits per heavy atom. The first kappa shape index (κ1) is 15.0. The average Bonchev–Trinajstić information content (AvgIpc) is 2.78. The summed E-state index contributed by atoms with van der Waals surface area (Å²) in [4.78, 5) is 16.8. The number of likely N-dealkylation sites (N-methyl/N-ethyl adjacent to an activating group) is 1. The van der Waals surface area contributed by atoms with Crippen LogP contribution in [-0.4, -0.2) is 48.9 Å². The maximum atomic E-state index is 12.7. The lowest BCUT2D eigenvalue weighted by atomic mass is 10.1. The zero-order chi connectivity index (χ0) is 14.0. The number of amides is 1. The summed E-state index contributed by atoms with van der Waals surface area (Å²) in [6, 6.07) is 6.06. The van der Waals surface area contributed by atoms with E-state index in [4.69, 9.17) is 0 Å². The molecule has 1 aromatic carbocycles. The minimum Gasteiger partial charge on any atom is -0.334 e. The van der Waals surface area contributed by atoms with E-state index in [1.807, 2.05) is 23.1 Å². The largest absolute Gasteiger partial charge is 0.334 e. The molecule has 0 N–H and O–H groups in total. The molecule has 1 saturated heterocycles. The van der Waals surface area contributed by atoms with Crippen LogP contribution in [0.15, 0.2) is 27.1 Å². The van der Waals surface area contributed by atoms with Crippen LogP contribution in [0, 0.1) is 0 Å². The fourth-order valence-corrected chi connectivity index (χ4v) is 3.31. The van der Waals surface area contributed by atoms with Crippen LogP contribution in [0.3, 0.4) is 0 Å². The predicted octanol–water partition coefficient (Wildman–Crippen LogP) is 3.38. The van der Waals surface area contributed by atoms with E-state index in [9.17, 15) is 4.79 Å². The molecule has 1 aliphatic heterocycles. The normalized spacial score (nSPS) is 19.2. The Morgan fingerprint density at radius 3 is 2.84 bits per heavy atom. The standard InChI is InChI=1S/C14H18Br2N2O/c1-17(2)9-11-4-3-7-18(11)14(19)12-8-10(15)5-6-13(12)16/h5-6,8,11H,3-4,7,9H2,1-2H3. The van der Waals surface area contributed by atoms with E-state index in [-0.39, 0.29) is 5.91 Å². The highest BCUT2D eigenvalue weighted by Gasteiger charge is 2.30. The number of nitrogens with zero attached hydrogens (tertiary/aromatic N) is 2. The number of likely N-dealkylation sites (tertiary alicyclic amines) is 1. The average molecular weight is 390 g/mol. The number of carbonyl (C=O) groups excluding carboxylic acids is 1. The van der Waals surface area contributed by atoms with Crippen LogP contribution in [-0.2, 0) is 0 Å². The van der Waals surface area contributed by atoms with E-state index < -0.39 is 0 Å². The third kappa shape index (κ3) is 3.58. The Morgan fingerprint density at radius 2 is 2.16 bits per heavy atom. The number of benzene rings is 1. The molecule has 2 rings (SSSR count). The molecule has 0 aliphatic carbocycles. The second-order valence-electron chi connectivity index (χ2n) is 5.18. The number of hydrogen-bond acceptors (Lipinski definition) is 2. The van der Waals surface area contributed by atoms with E-state index in [0.717, 1.165) is 40.4 Å². The van der Waals surface area contributed by atoms with Crippen molar-refractivity contribution in [3.05, 3.63) is 32.7 Å². The van der Waals surface area contributed by atoms with Gasteiger partial charge in [0.2, 0.25) is 0 Å². The van der Waals surface area contributed by atoms with E-state index in [0.29, 0.717) is 6.04 Å². The van der Waals surface area contributed by atoms with Gasteiger partial charge in [-0.15, -0.1) is 0 Å². The van der Waals surface area contributed by atoms with Gasteiger partial charge in [0, 0.05) is 28.1 Å². The van der Waals surface area contributed by atoms with Gasteiger partial charge < -0.3 is 9.80 Å². The summed E-state index contributed by atoms with van der Waals surface area (Å²) >= 11 is 6.90. The number of rotatable bonds is 3. The van der Waals surface area contributed by atoms with Crippen LogP contribution in [0.4, 0.5) is 0 Å². The summed E-state index contributed by atoms with van der Waals surface area (Å²) < 4.78 is 1.79. The summed E-state index contributed by atoms with van der Waals surface area (Å²) in [7, 11) is 4.10. The van der Waals surface area contributed by atoms with Gasteiger partial charge in [0.05, 0.1) is 5.56 Å². The molecule has 3 nitrogen and oxygen atoms in total. The summed E-state index contributed by atoms with van der Waals surface area (Å²) in [6.07, 6.45) is 2.19. The van der Waals surface area contributed by atoms with Crippen LogP contribution in [0.5, 0.6) is 0 Å². The minimum atomic E-state index is 0.123. The van der Waals surface area contributed by atoms with Crippen molar-refractivity contribution in [2.24, 2.45) is 0 Å². The third-order valence-corrected chi connectivity index (χ3v) is 4.56. The Kier molecular flexibility index (Phi) is 5.03. The second kappa shape index (κ2) is 6.37. The smallest absolute Gasteiger partial charge is 0.255 e. The first-order chi connectivity index (χ1) is 8.99. The fraction of sp³-hybridized carbons (Fsp3) is 0.500. The van der Waals surface area contributed by atoms with Gasteiger partial charge in [0.15, 0.2) is 0 Å². The zero-order valence-corrected chi connectivity index (χ0v) is 14.4. The van der Waals surface area contributed by atoms with Gasteiger partial charge in [-0.25, -0.2) is 0 Å². The molecule has 1 amide bonds.